The molecule has 0 saturated carbocycles. The number of benzene rings is 1. The number of amides is 1. The van der Waals surface area contributed by atoms with Gasteiger partial charge in [0.15, 0.2) is 0 Å². The lowest BCUT2D eigenvalue weighted by Crippen LogP contribution is -2.36. The van der Waals surface area contributed by atoms with Crippen molar-refractivity contribution in [1.29, 1.82) is 0 Å². The zero-order chi connectivity index (χ0) is 13.7. The summed E-state index contributed by atoms with van der Waals surface area (Å²) < 4.78 is 0. The first-order valence-corrected chi connectivity index (χ1v) is 5.72. The number of nitrogens with zero attached hydrogens (tertiary/aromatic N) is 1. The first-order chi connectivity index (χ1) is 8.47. The van der Waals surface area contributed by atoms with E-state index in [1.165, 1.54) is 12.1 Å². The first kappa shape index (κ1) is 14.4. The van der Waals surface area contributed by atoms with Crippen molar-refractivity contribution in [3.05, 3.63) is 38.9 Å². The molecular weight excluding hydrogens is 260 g/mol. The molecular formula is C11H13ClN2O4. The summed E-state index contributed by atoms with van der Waals surface area (Å²) in [5, 5.41) is 22.3. The van der Waals surface area contributed by atoms with Crippen molar-refractivity contribution in [1.82, 2.24) is 5.32 Å². The molecule has 98 valence electrons. The van der Waals surface area contributed by atoms with E-state index < -0.39 is 10.8 Å². The Hall–Kier alpha value is -1.66. The smallest absolute Gasteiger partial charge is 0.271 e. The van der Waals surface area contributed by atoms with E-state index in [0.717, 1.165) is 6.07 Å². The maximum atomic E-state index is 11.8. The van der Waals surface area contributed by atoms with Gasteiger partial charge in [0.05, 0.1) is 17.6 Å². The molecule has 0 aliphatic carbocycles. The van der Waals surface area contributed by atoms with Gasteiger partial charge in [-0.25, -0.2) is 0 Å². The van der Waals surface area contributed by atoms with Gasteiger partial charge < -0.3 is 10.4 Å². The average Bonchev–Trinajstić information content (AvgIpc) is 2.34. The maximum Gasteiger partial charge on any atom is 0.271 e. The topological polar surface area (TPSA) is 92.5 Å². The van der Waals surface area contributed by atoms with Crippen LogP contribution < -0.4 is 5.32 Å². The van der Waals surface area contributed by atoms with Gasteiger partial charge in [-0.05, 0) is 12.5 Å². The zero-order valence-corrected chi connectivity index (χ0v) is 10.5. The van der Waals surface area contributed by atoms with Crippen LogP contribution in [0.25, 0.3) is 0 Å². The van der Waals surface area contributed by atoms with Crippen molar-refractivity contribution < 1.29 is 14.8 Å². The molecule has 1 aromatic rings. The second kappa shape index (κ2) is 6.32. The number of nitro groups is 1. The molecule has 0 saturated heterocycles. The Morgan fingerprint density at radius 3 is 2.72 bits per heavy atom. The number of aliphatic hydroxyl groups is 1. The van der Waals surface area contributed by atoms with E-state index in [0.29, 0.717) is 6.42 Å². The molecule has 0 spiro atoms. The molecule has 1 atom stereocenters. The fraction of sp³-hybridized carbons (Fsp3) is 0.364. The predicted octanol–water partition coefficient (Wildman–Crippen LogP) is 1.75. The molecule has 6 nitrogen and oxygen atoms in total. The van der Waals surface area contributed by atoms with Gasteiger partial charge in [0.1, 0.15) is 0 Å². The number of aliphatic hydroxyl groups excluding tert-OH is 1. The highest BCUT2D eigenvalue weighted by molar-refractivity contribution is 6.31. The maximum absolute atomic E-state index is 11.8. The van der Waals surface area contributed by atoms with Crippen LogP contribution in [0.3, 0.4) is 0 Å². The predicted molar refractivity (Wildman–Crippen MR) is 66.7 cm³/mol. The largest absolute Gasteiger partial charge is 0.394 e. The summed E-state index contributed by atoms with van der Waals surface area (Å²) in [6.07, 6.45) is 0.560. The van der Waals surface area contributed by atoms with Crippen LogP contribution in [0.1, 0.15) is 23.7 Å². The fourth-order valence-electron chi connectivity index (χ4n) is 1.36. The van der Waals surface area contributed by atoms with E-state index >= 15 is 0 Å². The Morgan fingerprint density at radius 1 is 1.56 bits per heavy atom. The Labute approximate surface area is 109 Å². The monoisotopic (exact) mass is 272 g/mol. The first-order valence-electron chi connectivity index (χ1n) is 5.34. The number of non-ortho nitro benzene ring substituents is 1. The summed E-state index contributed by atoms with van der Waals surface area (Å²) >= 11 is 5.71. The summed E-state index contributed by atoms with van der Waals surface area (Å²) in [6, 6.07) is 3.27. The molecule has 18 heavy (non-hydrogen) atoms. The third kappa shape index (κ3) is 3.68. The molecule has 2 N–H and O–H groups in total. The highest BCUT2D eigenvalue weighted by Crippen LogP contribution is 2.20. The fourth-order valence-corrected chi connectivity index (χ4v) is 1.59. The van der Waals surface area contributed by atoms with Crippen LogP contribution in [-0.2, 0) is 0 Å². The molecule has 1 amide bonds. The Morgan fingerprint density at radius 2 is 2.22 bits per heavy atom. The minimum atomic E-state index is -0.619. The second-order valence-electron chi connectivity index (χ2n) is 3.72. The summed E-state index contributed by atoms with van der Waals surface area (Å²) in [5.41, 5.74) is -0.147. The minimum Gasteiger partial charge on any atom is -0.394 e. The highest BCUT2D eigenvalue weighted by atomic mass is 35.5. The lowest BCUT2D eigenvalue weighted by Gasteiger charge is -2.13. The highest BCUT2D eigenvalue weighted by Gasteiger charge is 2.16. The van der Waals surface area contributed by atoms with Crippen molar-refractivity contribution in [2.75, 3.05) is 6.61 Å². The molecule has 0 fully saturated rings. The van der Waals surface area contributed by atoms with E-state index in [-0.39, 0.29) is 28.9 Å². The number of rotatable bonds is 5. The van der Waals surface area contributed by atoms with Crippen LogP contribution >= 0.6 is 11.6 Å². The van der Waals surface area contributed by atoms with Crippen LogP contribution in [0, 0.1) is 10.1 Å². The van der Waals surface area contributed by atoms with E-state index in [1.807, 2.05) is 6.92 Å². The third-order valence-corrected chi connectivity index (χ3v) is 2.62. The van der Waals surface area contributed by atoms with Gasteiger partial charge in [0, 0.05) is 22.7 Å². The second-order valence-corrected chi connectivity index (χ2v) is 4.15. The lowest BCUT2D eigenvalue weighted by atomic mass is 10.1. The van der Waals surface area contributed by atoms with Crippen LogP contribution in [0.15, 0.2) is 18.2 Å². The molecule has 0 aromatic heterocycles. The van der Waals surface area contributed by atoms with E-state index in [1.54, 1.807) is 0 Å². The van der Waals surface area contributed by atoms with Gasteiger partial charge in [-0.3, -0.25) is 14.9 Å². The zero-order valence-electron chi connectivity index (χ0n) is 9.72. The van der Waals surface area contributed by atoms with Crippen LogP contribution in [0.5, 0.6) is 0 Å². The number of nitrogens with one attached hydrogen (secondary N) is 1. The van der Waals surface area contributed by atoms with Crippen LogP contribution in [0.2, 0.25) is 5.02 Å². The number of nitro benzene ring substituents is 1. The van der Waals surface area contributed by atoms with Gasteiger partial charge in [0.25, 0.3) is 11.6 Å². The van der Waals surface area contributed by atoms with Crippen LogP contribution in [0.4, 0.5) is 5.69 Å². The summed E-state index contributed by atoms with van der Waals surface area (Å²) in [4.78, 5) is 21.8. The van der Waals surface area contributed by atoms with Gasteiger partial charge in [-0.15, -0.1) is 0 Å². The van der Waals surface area contributed by atoms with E-state index in [9.17, 15) is 14.9 Å². The molecule has 1 aromatic carbocycles. The molecule has 0 heterocycles. The third-order valence-electron chi connectivity index (χ3n) is 2.40. The minimum absolute atomic E-state index is 0.0982. The summed E-state index contributed by atoms with van der Waals surface area (Å²) in [7, 11) is 0. The normalized spacial score (nSPS) is 11.9. The van der Waals surface area contributed by atoms with Gasteiger partial charge >= 0.3 is 0 Å². The Bertz CT molecular complexity index is 460. The van der Waals surface area contributed by atoms with Crippen molar-refractivity contribution in [3.8, 4) is 0 Å². The van der Waals surface area contributed by atoms with Crippen molar-refractivity contribution in [2.45, 2.75) is 19.4 Å². The molecule has 0 aliphatic heterocycles. The Balaban J connectivity index is 2.95. The molecule has 0 aliphatic rings. The van der Waals surface area contributed by atoms with Gasteiger partial charge in [0.2, 0.25) is 0 Å². The number of hydrogen-bond donors (Lipinski definition) is 2. The summed E-state index contributed by atoms with van der Waals surface area (Å²) in [6.45, 7) is 1.62. The molecule has 0 unspecified atom stereocenters. The number of halogens is 1. The van der Waals surface area contributed by atoms with Crippen molar-refractivity contribution in [2.24, 2.45) is 0 Å². The van der Waals surface area contributed by atoms with E-state index in [2.05, 4.69) is 5.32 Å². The molecule has 1 rings (SSSR count). The van der Waals surface area contributed by atoms with Gasteiger partial charge in [-0.2, -0.15) is 0 Å². The quantitative estimate of drug-likeness (QED) is 0.631. The number of carbonyl (C=O) groups excluding carboxylic acids is 1. The standard InChI is InChI=1S/C11H13ClN2O4/c1-2-9(6-15)13-11(16)7-3-8(12)5-10(4-7)14(17)18/h3-5,9,15H,2,6H2,1H3,(H,13,16)/t9-/m0/s1. The van der Waals surface area contributed by atoms with Crippen LogP contribution in [-0.4, -0.2) is 28.6 Å². The molecule has 7 heteroatoms. The SMILES string of the molecule is CC[C@@H](CO)NC(=O)c1cc(Cl)cc([N+](=O)[O-])c1. The van der Waals surface area contributed by atoms with E-state index in [4.69, 9.17) is 16.7 Å². The Kier molecular flexibility index (Phi) is 5.06. The summed E-state index contributed by atoms with van der Waals surface area (Å²) in [5.74, 6) is -0.499. The lowest BCUT2D eigenvalue weighted by molar-refractivity contribution is -0.384. The molecule has 0 radical (unpaired) electrons. The molecule has 0 bridgehead atoms. The number of carbonyl (C=O) groups is 1. The number of hydrogen-bond acceptors (Lipinski definition) is 4. The van der Waals surface area contributed by atoms with Crippen molar-refractivity contribution >= 4 is 23.2 Å². The van der Waals surface area contributed by atoms with Gasteiger partial charge in [-0.1, -0.05) is 18.5 Å². The average molecular weight is 273 g/mol. The van der Waals surface area contributed by atoms with Crippen molar-refractivity contribution in [3.63, 3.8) is 0 Å².